The molecule has 0 bridgehead atoms. The Morgan fingerprint density at radius 3 is 2.50 bits per heavy atom. The van der Waals surface area contributed by atoms with Crippen molar-refractivity contribution in [2.24, 2.45) is 4.99 Å². The van der Waals surface area contributed by atoms with Crippen LogP contribution in [0.4, 0.5) is 0 Å². The Hall–Kier alpha value is -2.64. The lowest BCUT2D eigenvalue weighted by Gasteiger charge is -2.02. The molecule has 3 aromatic rings. The van der Waals surface area contributed by atoms with Crippen molar-refractivity contribution >= 4 is 27.5 Å². The molecule has 0 saturated carbocycles. The van der Waals surface area contributed by atoms with Gasteiger partial charge in [0, 0.05) is 0 Å². The van der Waals surface area contributed by atoms with Gasteiger partial charge in [0.05, 0.1) is 23.2 Å². The average Bonchev–Trinajstić information content (AvgIpc) is 3.03. The smallest absolute Gasteiger partial charge is 0.252 e. The van der Waals surface area contributed by atoms with Crippen LogP contribution in [-0.4, -0.2) is 10.5 Å². The highest BCUT2D eigenvalue weighted by molar-refractivity contribution is 7.16. The number of thiazole rings is 1. The van der Waals surface area contributed by atoms with Gasteiger partial charge in [0.1, 0.15) is 0 Å². The Morgan fingerprint density at radius 2 is 1.82 bits per heavy atom. The molecule has 0 aliphatic rings. The normalized spacial score (nSPS) is 11.7. The van der Waals surface area contributed by atoms with Crippen molar-refractivity contribution in [3.8, 4) is 12.3 Å². The van der Waals surface area contributed by atoms with Crippen molar-refractivity contribution in [1.82, 2.24) is 4.57 Å². The molecule has 0 aliphatic carbocycles. The maximum absolute atomic E-state index is 12.6. The van der Waals surface area contributed by atoms with Gasteiger partial charge in [-0.05, 0) is 48.1 Å². The van der Waals surface area contributed by atoms with Crippen LogP contribution in [0, 0.1) is 12.3 Å². The Labute approximate surface area is 170 Å². The molecule has 0 N–H and O–H groups in total. The summed E-state index contributed by atoms with van der Waals surface area (Å²) in [5.74, 6) is 2.54. The lowest BCUT2D eigenvalue weighted by molar-refractivity contribution is -0.117. The van der Waals surface area contributed by atoms with Gasteiger partial charge in [0.2, 0.25) is 0 Å². The van der Waals surface area contributed by atoms with Gasteiger partial charge in [-0.25, -0.2) is 0 Å². The molecule has 0 atom stereocenters. The third kappa shape index (κ3) is 4.79. The van der Waals surface area contributed by atoms with Gasteiger partial charge in [0.25, 0.3) is 5.91 Å². The van der Waals surface area contributed by atoms with E-state index in [1.807, 2.05) is 16.7 Å². The monoisotopic (exact) mass is 390 g/mol. The van der Waals surface area contributed by atoms with Gasteiger partial charge in [-0.1, -0.05) is 67.9 Å². The molecule has 144 valence electrons. The van der Waals surface area contributed by atoms with E-state index in [-0.39, 0.29) is 5.91 Å². The summed E-state index contributed by atoms with van der Waals surface area (Å²) in [4.78, 5) is 17.6. The Morgan fingerprint density at radius 1 is 1.11 bits per heavy atom. The minimum absolute atomic E-state index is 0.146. The zero-order valence-electron chi connectivity index (χ0n) is 16.6. The molecule has 3 nitrogen and oxygen atoms in total. The molecule has 0 saturated heterocycles. The van der Waals surface area contributed by atoms with E-state index in [4.69, 9.17) is 6.42 Å². The summed E-state index contributed by atoms with van der Waals surface area (Å²) in [7, 11) is 0. The average molecular weight is 391 g/mol. The predicted molar refractivity (Wildman–Crippen MR) is 117 cm³/mol. The van der Waals surface area contributed by atoms with Crippen LogP contribution in [0.5, 0.6) is 0 Å². The zero-order chi connectivity index (χ0) is 19.9. The van der Waals surface area contributed by atoms with E-state index >= 15 is 0 Å². The number of amides is 1. The molecule has 0 spiro atoms. The van der Waals surface area contributed by atoms with Crippen LogP contribution in [0.3, 0.4) is 0 Å². The maximum Gasteiger partial charge on any atom is 0.252 e. The van der Waals surface area contributed by atoms with Crippen LogP contribution in [0.15, 0.2) is 47.5 Å². The van der Waals surface area contributed by atoms with E-state index in [0.717, 1.165) is 28.6 Å². The molecule has 0 radical (unpaired) electrons. The molecule has 0 fully saturated rings. The molecule has 1 heterocycles. The van der Waals surface area contributed by atoms with Crippen LogP contribution < -0.4 is 4.80 Å². The molecule has 0 unspecified atom stereocenters. The predicted octanol–water partition coefficient (Wildman–Crippen LogP) is 4.91. The first-order valence-electron chi connectivity index (χ1n) is 9.85. The highest BCUT2D eigenvalue weighted by atomic mass is 32.1. The van der Waals surface area contributed by atoms with Crippen molar-refractivity contribution in [2.75, 3.05) is 0 Å². The van der Waals surface area contributed by atoms with E-state index in [1.54, 1.807) is 0 Å². The Bertz CT molecular complexity index is 1060. The molecular formula is C24H26N2OS. The zero-order valence-corrected chi connectivity index (χ0v) is 17.4. The molecule has 28 heavy (non-hydrogen) atoms. The highest BCUT2D eigenvalue weighted by Gasteiger charge is 2.09. The summed E-state index contributed by atoms with van der Waals surface area (Å²) < 4.78 is 3.09. The number of hydrogen-bond acceptors (Lipinski definition) is 2. The lowest BCUT2D eigenvalue weighted by Crippen LogP contribution is -2.17. The number of unbranched alkanes of at least 4 members (excludes halogenated alkanes) is 1. The van der Waals surface area contributed by atoms with Crippen molar-refractivity contribution in [2.45, 2.75) is 52.5 Å². The first-order valence-corrected chi connectivity index (χ1v) is 10.7. The largest absolute Gasteiger partial charge is 0.305 e. The number of aryl methyl sites for hydroxylation is 2. The molecule has 4 heteroatoms. The van der Waals surface area contributed by atoms with Gasteiger partial charge in [-0.15, -0.1) is 6.42 Å². The molecule has 1 amide bonds. The summed E-state index contributed by atoms with van der Waals surface area (Å²) in [5, 5.41) is 0. The second-order valence-electron chi connectivity index (χ2n) is 6.93. The second kappa shape index (κ2) is 9.52. The lowest BCUT2D eigenvalue weighted by atomic mass is 10.1. The van der Waals surface area contributed by atoms with E-state index in [1.165, 1.54) is 35.3 Å². The van der Waals surface area contributed by atoms with Gasteiger partial charge in [-0.2, -0.15) is 4.99 Å². The minimum atomic E-state index is -0.146. The van der Waals surface area contributed by atoms with Crippen molar-refractivity contribution in [3.05, 3.63) is 64.0 Å². The molecular weight excluding hydrogens is 364 g/mol. The topological polar surface area (TPSA) is 34.4 Å². The van der Waals surface area contributed by atoms with Crippen LogP contribution in [0.1, 0.15) is 43.4 Å². The first kappa shape index (κ1) is 20.1. The third-order valence-electron chi connectivity index (χ3n) is 4.82. The van der Waals surface area contributed by atoms with Gasteiger partial charge < -0.3 is 4.57 Å². The quantitative estimate of drug-likeness (QED) is 0.528. The molecule has 2 aromatic carbocycles. The fourth-order valence-electron chi connectivity index (χ4n) is 3.20. The number of rotatable bonds is 7. The summed E-state index contributed by atoms with van der Waals surface area (Å²) in [5.41, 5.74) is 4.61. The molecule has 3 rings (SSSR count). The van der Waals surface area contributed by atoms with Crippen LogP contribution in [0.2, 0.25) is 0 Å². The van der Waals surface area contributed by atoms with E-state index in [2.05, 4.69) is 55.1 Å². The Kier molecular flexibility index (Phi) is 6.84. The number of hydrogen-bond donors (Lipinski definition) is 0. The van der Waals surface area contributed by atoms with Crippen molar-refractivity contribution < 1.29 is 4.79 Å². The minimum Gasteiger partial charge on any atom is -0.305 e. The number of fused-ring (bicyclic) bond motifs is 1. The number of aromatic nitrogens is 1. The van der Waals surface area contributed by atoms with Crippen LogP contribution in [-0.2, 0) is 30.6 Å². The van der Waals surface area contributed by atoms with E-state index in [9.17, 15) is 4.79 Å². The summed E-state index contributed by atoms with van der Waals surface area (Å²) in [6.45, 7) is 4.73. The summed E-state index contributed by atoms with van der Waals surface area (Å²) in [6.07, 6.45) is 10.3. The van der Waals surface area contributed by atoms with Crippen molar-refractivity contribution in [3.63, 3.8) is 0 Å². The van der Waals surface area contributed by atoms with Crippen LogP contribution in [0.25, 0.3) is 10.2 Å². The SMILES string of the molecule is C#CCn1c(=NC(=O)Cc2ccc(CC)cc2)sc2cc(CCCC)ccc21. The number of benzene rings is 2. The number of terminal acetylenes is 1. The first-order chi connectivity index (χ1) is 13.6. The molecule has 0 aliphatic heterocycles. The van der Waals surface area contributed by atoms with E-state index < -0.39 is 0 Å². The number of carbonyl (C=O) groups is 1. The fraction of sp³-hybridized carbons (Fsp3) is 0.333. The van der Waals surface area contributed by atoms with Crippen LogP contribution >= 0.6 is 11.3 Å². The third-order valence-corrected chi connectivity index (χ3v) is 5.86. The standard InChI is InChI=1S/C24H26N2OS/c1-4-7-8-19-13-14-21-22(16-19)28-24(26(21)15-5-2)25-23(27)17-20-11-9-18(6-3)10-12-20/h2,9-14,16H,4,6-8,15,17H2,1,3H3. The highest BCUT2D eigenvalue weighted by Crippen LogP contribution is 2.20. The van der Waals surface area contributed by atoms with E-state index in [0.29, 0.717) is 17.8 Å². The number of carbonyl (C=O) groups excluding carboxylic acids is 1. The summed E-state index contributed by atoms with van der Waals surface area (Å²) in [6, 6.07) is 14.6. The Balaban J connectivity index is 1.91. The second-order valence-corrected chi connectivity index (χ2v) is 7.94. The number of nitrogens with zero attached hydrogens (tertiary/aromatic N) is 2. The summed E-state index contributed by atoms with van der Waals surface area (Å²) >= 11 is 1.54. The van der Waals surface area contributed by atoms with Gasteiger partial charge >= 0.3 is 0 Å². The fourth-order valence-corrected chi connectivity index (χ4v) is 4.31. The molecule has 1 aromatic heterocycles. The maximum atomic E-state index is 12.6. The van der Waals surface area contributed by atoms with Crippen molar-refractivity contribution in [1.29, 1.82) is 0 Å². The van der Waals surface area contributed by atoms with Gasteiger partial charge in [0.15, 0.2) is 4.80 Å². The van der Waals surface area contributed by atoms with Gasteiger partial charge in [-0.3, -0.25) is 4.79 Å².